The van der Waals surface area contributed by atoms with Crippen LogP contribution in [0.3, 0.4) is 0 Å². The summed E-state index contributed by atoms with van der Waals surface area (Å²) in [5, 5.41) is 23.9. The SMILES string of the molecule is CC.CC.CC.CC[C@@H](C)C(=O)N[C@H](C(=O)N1Cc2cc(OC)ccc2C[C@H]1C(=O)N[C@@H]1CCCc2ccccc21)C(C)(C)C.CC[C@@H](NC(=O)[C@@H]1C[C@H](NC)CN1C(=O)[C@@H](NC(=O)[C@H](C)NC)C(C)(C)C)c1ccccc1.CN[C@@H](C)C(=O)C[C@H](C(=O)N1CCC[C@H]1c1nc(C(=O)c2ccc(F)cc2)cs1)C1CCN(C)CC1. The van der Waals surface area contributed by atoms with Crippen molar-refractivity contribution in [2.75, 3.05) is 61.5 Å². The Balaban J connectivity index is 0.000000296. The van der Waals surface area contributed by atoms with Crippen LogP contribution in [0.4, 0.5) is 4.39 Å². The molecule has 5 aliphatic rings. The number of benzene rings is 4. The topological polar surface area (TPSA) is 273 Å². The maximum absolute atomic E-state index is 14.3. The van der Waals surface area contributed by atoms with Gasteiger partial charge in [-0.15, -0.1) is 11.3 Å². The number of likely N-dealkylation sites (tertiary alicyclic amines) is 3. The van der Waals surface area contributed by atoms with Crippen LogP contribution in [0.25, 0.3) is 0 Å². The molecule has 4 aliphatic heterocycles. The summed E-state index contributed by atoms with van der Waals surface area (Å²) >= 11 is 1.38. The second-order valence-electron chi connectivity index (χ2n) is 32.0. The molecule has 3 saturated heterocycles. The molecule has 0 bridgehead atoms. The Morgan fingerprint density at radius 1 is 0.632 bits per heavy atom. The molecule has 1 aliphatic carbocycles. The molecule has 10 rings (SSSR count). The number of aromatic nitrogens is 1. The van der Waals surface area contributed by atoms with E-state index in [-0.39, 0.29) is 114 Å². The second kappa shape index (κ2) is 46.5. The molecule has 7 amide bonds. The molecule has 24 heteroatoms. The molecular weight excluding hydrogens is 1460 g/mol. The highest BCUT2D eigenvalue weighted by Gasteiger charge is 2.47. The number of nitrogens with one attached hydrogen (secondary N) is 7. The molecule has 12 atom stereocenters. The number of fused-ring (bicyclic) bond motifs is 2. The number of Topliss-reactive ketones (excluding diaryl/α,β-unsaturated/α-hetero) is 1. The Morgan fingerprint density at radius 2 is 1.24 bits per heavy atom. The van der Waals surface area contributed by atoms with Crippen molar-refractivity contribution < 1.29 is 52.3 Å². The van der Waals surface area contributed by atoms with E-state index in [1.54, 1.807) is 43.3 Å². The molecule has 630 valence electrons. The van der Waals surface area contributed by atoms with Crippen LogP contribution < -0.4 is 42.0 Å². The number of likely N-dealkylation sites (N-methyl/N-ethyl adjacent to an activating group) is 3. The van der Waals surface area contributed by atoms with Crippen molar-refractivity contribution in [3.63, 3.8) is 0 Å². The van der Waals surface area contributed by atoms with Gasteiger partial charge in [0, 0.05) is 61.3 Å². The molecule has 0 unspecified atom stereocenters. The summed E-state index contributed by atoms with van der Waals surface area (Å²) in [5.74, 6) is -1.42. The number of piperidine rings is 1. The molecule has 7 N–H and O–H groups in total. The van der Waals surface area contributed by atoms with Gasteiger partial charge in [0.2, 0.25) is 47.1 Å². The van der Waals surface area contributed by atoms with E-state index in [2.05, 4.69) is 66.3 Å². The van der Waals surface area contributed by atoms with Gasteiger partial charge in [-0.25, -0.2) is 9.37 Å². The molecule has 1 aromatic heterocycles. The number of thiazole rings is 1. The molecule has 5 heterocycles. The van der Waals surface area contributed by atoms with Crippen LogP contribution in [-0.4, -0.2) is 181 Å². The zero-order chi connectivity index (χ0) is 84.9. The summed E-state index contributed by atoms with van der Waals surface area (Å²) in [6.45, 7) is 36.2. The summed E-state index contributed by atoms with van der Waals surface area (Å²) in [7, 11) is 9.01. The predicted molar refractivity (Wildman–Crippen MR) is 454 cm³/mol. The molecule has 0 radical (unpaired) electrons. The minimum atomic E-state index is -0.767. The highest BCUT2D eigenvalue weighted by molar-refractivity contribution is 7.10. The third-order valence-corrected chi connectivity index (χ3v) is 23.3. The Bertz CT molecular complexity index is 3890. The van der Waals surface area contributed by atoms with Crippen LogP contribution in [0.1, 0.15) is 249 Å². The number of ketones is 2. The van der Waals surface area contributed by atoms with Crippen LogP contribution in [0, 0.1) is 34.4 Å². The molecule has 0 saturated carbocycles. The summed E-state index contributed by atoms with van der Waals surface area (Å²) in [4.78, 5) is 133. The minimum absolute atomic E-state index is 0.00838. The van der Waals surface area contributed by atoms with Crippen molar-refractivity contribution in [1.29, 1.82) is 0 Å². The van der Waals surface area contributed by atoms with E-state index >= 15 is 0 Å². The normalized spacial score (nSPS) is 19.8. The largest absolute Gasteiger partial charge is 0.497 e. The van der Waals surface area contributed by atoms with Crippen molar-refractivity contribution in [1.82, 2.24) is 61.8 Å². The Morgan fingerprint density at radius 3 is 1.82 bits per heavy atom. The number of halogens is 1. The monoisotopic (exact) mass is 1600 g/mol. The van der Waals surface area contributed by atoms with E-state index in [9.17, 15) is 47.5 Å². The van der Waals surface area contributed by atoms with Crippen molar-refractivity contribution in [2.24, 2.45) is 28.6 Å². The van der Waals surface area contributed by atoms with Crippen LogP contribution in [-0.2, 0) is 57.7 Å². The average Bonchev–Trinajstić information content (AvgIpc) is 0.853. The van der Waals surface area contributed by atoms with E-state index in [0.717, 1.165) is 91.7 Å². The first kappa shape index (κ1) is 96.3. The van der Waals surface area contributed by atoms with Crippen molar-refractivity contribution in [2.45, 2.75) is 262 Å². The van der Waals surface area contributed by atoms with Crippen LogP contribution in [0.15, 0.2) is 102 Å². The zero-order valence-corrected chi connectivity index (χ0v) is 73.3. The number of carbonyl (C=O) groups is 9. The smallest absolute Gasteiger partial charge is 0.246 e. The number of ether oxygens (including phenoxy) is 1. The third-order valence-electron chi connectivity index (χ3n) is 22.4. The van der Waals surface area contributed by atoms with E-state index in [0.29, 0.717) is 49.4 Å². The van der Waals surface area contributed by atoms with Gasteiger partial charge in [-0.05, 0) is 200 Å². The van der Waals surface area contributed by atoms with Gasteiger partial charge in [0.05, 0.1) is 37.3 Å². The quantitative estimate of drug-likeness (QED) is 0.0268. The fourth-order valence-electron chi connectivity index (χ4n) is 15.0. The lowest BCUT2D eigenvalue weighted by Gasteiger charge is -2.41. The number of hydrogen-bond donors (Lipinski definition) is 7. The zero-order valence-electron chi connectivity index (χ0n) is 72.4. The first-order valence-corrected chi connectivity index (χ1v) is 42.6. The maximum atomic E-state index is 14.3. The van der Waals surface area contributed by atoms with Gasteiger partial charge in [-0.2, -0.15) is 0 Å². The molecule has 22 nitrogen and oxygen atoms in total. The number of carbonyl (C=O) groups excluding carboxylic acids is 9. The van der Waals surface area contributed by atoms with Crippen molar-refractivity contribution in [3.05, 3.63) is 152 Å². The Labute approximate surface area is 684 Å². The third kappa shape index (κ3) is 26.1. The van der Waals surface area contributed by atoms with Gasteiger partial charge in [-0.3, -0.25) is 43.2 Å². The lowest BCUT2D eigenvalue weighted by Crippen LogP contribution is -2.61. The number of nitrogens with zero attached hydrogens (tertiary/aromatic N) is 5. The van der Waals surface area contributed by atoms with Crippen LogP contribution >= 0.6 is 11.3 Å². The van der Waals surface area contributed by atoms with Gasteiger partial charge in [0.1, 0.15) is 52.2 Å². The van der Waals surface area contributed by atoms with Crippen LogP contribution in [0.2, 0.25) is 0 Å². The minimum Gasteiger partial charge on any atom is -0.497 e. The number of methoxy groups -OCH3 is 1. The summed E-state index contributed by atoms with van der Waals surface area (Å²) in [6, 6.07) is 25.5. The fraction of sp³-hybridized carbons (Fsp3) is 0.600. The first-order chi connectivity index (χ1) is 54.3. The highest BCUT2D eigenvalue weighted by Crippen LogP contribution is 2.40. The van der Waals surface area contributed by atoms with Crippen molar-refractivity contribution in [3.8, 4) is 5.75 Å². The number of aryl methyl sites for hydroxylation is 1. The van der Waals surface area contributed by atoms with E-state index in [1.165, 1.54) is 41.2 Å². The van der Waals surface area contributed by atoms with Crippen LogP contribution in [0.5, 0.6) is 5.75 Å². The van der Waals surface area contributed by atoms with E-state index in [4.69, 9.17) is 4.74 Å². The number of hydrogen-bond acceptors (Lipinski definition) is 16. The molecule has 114 heavy (non-hydrogen) atoms. The summed E-state index contributed by atoms with van der Waals surface area (Å²) in [5.41, 5.74) is 5.07. The lowest BCUT2D eigenvalue weighted by molar-refractivity contribution is -0.147. The molecule has 0 spiro atoms. The van der Waals surface area contributed by atoms with Gasteiger partial charge in [0.15, 0.2) is 0 Å². The number of rotatable bonds is 25. The van der Waals surface area contributed by atoms with Gasteiger partial charge in [-0.1, -0.05) is 165 Å². The molecule has 4 aromatic carbocycles. The van der Waals surface area contributed by atoms with E-state index in [1.807, 2.05) is 183 Å². The fourth-order valence-corrected chi connectivity index (χ4v) is 15.9. The highest BCUT2D eigenvalue weighted by atomic mass is 32.1. The molecule has 3 fully saturated rings. The van der Waals surface area contributed by atoms with Gasteiger partial charge >= 0.3 is 0 Å². The number of amides is 7. The summed E-state index contributed by atoms with van der Waals surface area (Å²) in [6.07, 6.45) is 8.93. The average molecular weight is 1600 g/mol. The molecule has 5 aromatic rings. The summed E-state index contributed by atoms with van der Waals surface area (Å²) < 4.78 is 18.7. The maximum Gasteiger partial charge on any atom is 0.246 e. The Hall–Kier alpha value is -8.29. The second-order valence-corrected chi connectivity index (χ2v) is 32.9. The van der Waals surface area contributed by atoms with E-state index < -0.39 is 46.9 Å². The van der Waals surface area contributed by atoms with Crippen molar-refractivity contribution >= 4 is 64.3 Å². The Kier molecular flexibility index (Phi) is 39.2. The predicted octanol–water partition coefficient (Wildman–Crippen LogP) is 13.1. The first-order valence-electron chi connectivity index (χ1n) is 41.7. The van der Waals surface area contributed by atoms with Gasteiger partial charge in [0.25, 0.3) is 0 Å². The molecular formula is C90H137FN12O10S. The van der Waals surface area contributed by atoms with Gasteiger partial charge < -0.3 is 61.6 Å². The standard InChI is InChI=1S/C32H43N3O4.C27H35FN4O3S.C25H41N5O3.3C2H6/c1-7-20(2)29(36)34-28(32(3,4)5)31(38)35-19-23-17-24(39-6)16-15-22(23)18-27(35)30(37)33-26-14-10-12-21-11-8-9-13-25(21)26;1-17(29-2)24(33)15-21(18-10-13-31(3)14-11-18)27(35)32-12-4-5-23(32)26-30-22(16-36-26)25(34)19-6-8-20(28)9-7-19;1-8-19(17-12-10-9-11-13-17)28-23(32)20-14-18(27-7)15-30(20)24(33)21(25(3,4)5)29-22(31)16(2)26-6;3*1-2/h8-9,11,13,15-17,20,26-28H,7,10,12,14,18-19H2,1-6H3,(H,33,37)(H,34,36);6-9,16-18,21,23,29H,4-5,10-15H2,1-3H3;9-13,16,18-21,26-27H,8,14-15H2,1-7H3,(H,28,32)(H,29,31);3*1-2H3/t20-,26-,27+,28-;17-,21-,23-;16-,18-,19+,20-,21+;;;/m100.../s1. The lowest BCUT2D eigenvalue weighted by atomic mass is 9.79.